The summed E-state index contributed by atoms with van der Waals surface area (Å²) in [5.74, 6) is 12.7. The second-order valence-corrected chi connectivity index (χ2v) is 16.2. The first-order valence-corrected chi connectivity index (χ1v) is 20.6. The molecule has 0 radical (unpaired) electrons. The van der Waals surface area contributed by atoms with Crippen molar-refractivity contribution in [2.24, 2.45) is 5.73 Å². The number of amides is 2. The van der Waals surface area contributed by atoms with Crippen LogP contribution >= 0.6 is 0 Å². The Balaban J connectivity index is 0.915. The zero-order valence-corrected chi connectivity index (χ0v) is 34.8. The summed E-state index contributed by atoms with van der Waals surface area (Å²) in [4.78, 5) is 39.1. The van der Waals surface area contributed by atoms with Gasteiger partial charge in [-0.25, -0.2) is 0 Å². The number of fused-ring (bicyclic) bond motifs is 2. The molecule has 7 rings (SSSR count). The van der Waals surface area contributed by atoms with Crippen LogP contribution in [0.1, 0.15) is 95.6 Å². The molecule has 2 amide bonds. The highest BCUT2D eigenvalue weighted by Crippen LogP contribution is 2.47. The van der Waals surface area contributed by atoms with Gasteiger partial charge in [-0.1, -0.05) is 78.9 Å². The Morgan fingerprint density at radius 1 is 0.754 bits per heavy atom. The molecule has 1 heterocycles. The maximum atomic E-state index is 13.2. The van der Waals surface area contributed by atoms with Crippen LogP contribution in [-0.2, 0) is 33.9 Å². The van der Waals surface area contributed by atoms with Gasteiger partial charge in [0.15, 0.2) is 0 Å². The number of carbonyl (C=O) groups is 3. The van der Waals surface area contributed by atoms with Crippen molar-refractivity contribution < 1.29 is 33.3 Å². The Morgan fingerprint density at radius 2 is 1.38 bits per heavy atom. The largest absolute Gasteiger partial charge is 0.489 e. The molecular weight excluding hydrogens is 765 g/mol. The second kappa shape index (κ2) is 19.4. The zero-order valence-electron chi connectivity index (χ0n) is 34.8. The lowest BCUT2D eigenvalue weighted by molar-refractivity contribution is -0.155. The third-order valence-corrected chi connectivity index (χ3v) is 10.8. The Kier molecular flexibility index (Phi) is 13.4. The number of rotatable bonds is 14. The minimum absolute atomic E-state index is 0.0409. The Labute approximate surface area is 358 Å². The molecule has 1 aliphatic heterocycles. The van der Waals surface area contributed by atoms with Crippen LogP contribution in [0.25, 0.3) is 0 Å². The summed E-state index contributed by atoms with van der Waals surface area (Å²) >= 11 is 0. The number of nitrogens with two attached hydrogens (primary N) is 1. The van der Waals surface area contributed by atoms with Gasteiger partial charge in [-0.3, -0.25) is 14.4 Å². The summed E-state index contributed by atoms with van der Waals surface area (Å²) in [6.45, 7) is 6.27. The second-order valence-electron chi connectivity index (χ2n) is 16.2. The highest BCUT2D eigenvalue weighted by molar-refractivity contribution is 6.01. The number of hydrogen-bond donors (Lipinski definition) is 1. The summed E-state index contributed by atoms with van der Waals surface area (Å²) in [5, 5.41) is 0. The van der Waals surface area contributed by atoms with Crippen LogP contribution in [-0.4, -0.2) is 47.5 Å². The molecule has 2 N–H and O–H groups in total. The molecule has 5 aromatic carbocycles. The molecule has 5 aromatic rings. The molecule has 0 spiro atoms. The lowest BCUT2D eigenvalue weighted by Gasteiger charge is -2.35. The summed E-state index contributed by atoms with van der Waals surface area (Å²) in [5.41, 5.74) is 12.5. The van der Waals surface area contributed by atoms with Crippen molar-refractivity contribution in [3.05, 3.63) is 160 Å². The number of carbonyl (C=O) groups excluding carboxylic acids is 3. The average Bonchev–Trinajstić information content (AvgIpc) is 3.58. The summed E-state index contributed by atoms with van der Waals surface area (Å²) < 4.78 is 23.3. The number of nitrogens with zero attached hydrogens (tertiary/aromatic N) is 1. The van der Waals surface area contributed by atoms with E-state index in [-0.39, 0.29) is 44.4 Å². The van der Waals surface area contributed by atoms with Crippen molar-refractivity contribution in [2.45, 2.75) is 83.1 Å². The van der Waals surface area contributed by atoms with Gasteiger partial charge in [-0.05, 0) is 145 Å². The SMILES string of the molecule is CC(C)(C)OC(=O)CC[C@@H](C(N)=O)N1Cc2cc(OCC#CC#CCOc3ccc([C@@H]4c5ccc(OCc6ccccc6)cc5CC[C@@H]4c4ccccc4)cc3)ccc2C1=O. The average molecular weight is 815 g/mol. The van der Waals surface area contributed by atoms with Gasteiger partial charge in [-0.15, -0.1) is 0 Å². The van der Waals surface area contributed by atoms with Gasteiger partial charge in [0.05, 0.1) is 0 Å². The van der Waals surface area contributed by atoms with Crippen LogP contribution in [0.3, 0.4) is 0 Å². The fourth-order valence-corrected chi connectivity index (χ4v) is 8.03. The van der Waals surface area contributed by atoms with Crippen molar-refractivity contribution in [3.8, 4) is 40.9 Å². The van der Waals surface area contributed by atoms with Crippen molar-refractivity contribution in [1.82, 2.24) is 4.90 Å². The van der Waals surface area contributed by atoms with E-state index in [1.54, 1.807) is 39.0 Å². The number of hydrogen-bond acceptors (Lipinski definition) is 7. The van der Waals surface area contributed by atoms with E-state index in [1.807, 2.05) is 30.3 Å². The number of benzene rings is 5. The van der Waals surface area contributed by atoms with Crippen molar-refractivity contribution in [1.29, 1.82) is 0 Å². The van der Waals surface area contributed by atoms with Gasteiger partial charge in [0, 0.05) is 24.4 Å². The van der Waals surface area contributed by atoms with Gasteiger partial charge >= 0.3 is 5.97 Å². The van der Waals surface area contributed by atoms with E-state index in [2.05, 4.69) is 96.5 Å². The van der Waals surface area contributed by atoms with Gasteiger partial charge < -0.3 is 29.6 Å². The van der Waals surface area contributed by atoms with E-state index in [0.717, 1.165) is 29.9 Å². The van der Waals surface area contributed by atoms with Crippen LogP contribution in [0.15, 0.2) is 121 Å². The van der Waals surface area contributed by atoms with Crippen molar-refractivity contribution in [2.75, 3.05) is 13.2 Å². The van der Waals surface area contributed by atoms with Crippen molar-refractivity contribution >= 4 is 17.8 Å². The number of primary amides is 1. The van der Waals surface area contributed by atoms with E-state index in [4.69, 9.17) is 24.7 Å². The number of ether oxygens (including phenoxy) is 4. The summed E-state index contributed by atoms with van der Waals surface area (Å²) in [6.07, 6.45) is 2.05. The Bertz CT molecular complexity index is 2470. The monoisotopic (exact) mass is 814 g/mol. The molecule has 3 atom stereocenters. The molecule has 0 saturated heterocycles. The first-order chi connectivity index (χ1) is 29.5. The zero-order chi connectivity index (χ0) is 42.8. The molecule has 0 fully saturated rings. The number of esters is 1. The smallest absolute Gasteiger partial charge is 0.306 e. The van der Waals surface area contributed by atoms with E-state index in [1.165, 1.54) is 27.2 Å². The molecule has 0 bridgehead atoms. The lowest BCUT2D eigenvalue weighted by Crippen LogP contribution is -2.45. The minimum Gasteiger partial charge on any atom is -0.489 e. The lowest BCUT2D eigenvalue weighted by atomic mass is 9.69. The standard InChI is InChI=1S/C52H50N2O7/c1-52(2,3)61-48(55)29-28-47(50(53)56)54-34-40-33-42(24-27-46(40)51(54)57)59-31-13-5-4-12-30-58-41-21-18-38(19-22-41)49-44(37-16-10-7-11-17-37)25-20-39-32-43(23-26-45(39)49)60-35-36-14-8-6-9-15-36/h6-11,14-19,21-24,26-27,32-33,44,47,49H,20,25,28-31,34-35H2,1-3H3,(H2,53,56)/t44-,47+,49+/m1/s1. The van der Waals surface area contributed by atoms with E-state index in [9.17, 15) is 14.4 Å². The minimum atomic E-state index is -0.946. The van der Waals surface area contributed by atoms with Crippen LogP contribution in [0, 0.1) is 23.7 Å². The van der Waals surface area contributed by atoms with E-state index >= 15 is 0 Å². The predicted molar refractivity (Wildman–Crippen MR) is 234 cm³/mol. The number of aryl methyl sites for hydroxylation is 1. The van der Waals surface area contributed by atoms with Gasteiger partial charge in [0.1, 0.15) is 48.7 Å². The van der Waals surface area contributed by atoms with E-state index in [0.29, 0.717) is 29.4 Å². The molecule has 1 aliphatic carbocycles. The van der Waals surface area contributed by atoms with Gasteiger partial charge in [0.2, 0.25) is 5.91 Å². The molecule has 61 heavy (non-hydrogen) atoms. The molecule has 2 aliphatic rings. The highest BCUT2D eigenvalue weighted by atomic mass is 16.6. The fourth-order valence-electron chi connectivity index (χ4n) is 8.03. The molecule has 0 saturated carbocycles. The van der Waals surface area contributed by atoms with Gasteiger partial charge in [0.25, 0.3) is 5.91 Å². The normalized spacial score (nSPS) is 15.8. The van der Waals surface area contributed by atoms with Crippen LogP contribution in [0.2, 0.25) is 0 Å². The molecule has 0 unspecified atom stereocenters. The first kappa shape index (κ1) is 42.2. The summed E-state index contributed by atoms with van der Waals surface area (Å²) in [6, 6.07) is 40.0. The van der Waals surface area contributed by atoms with Crippen LogP contribution in [0.5, 0.6) is 17.2 Å². The van der Waals surface area contributed by atoms with E-state index < -0.39 is 23.5 Å². The molecule has 9 nitrogen and oxygen atoms in total. The maximum Gasteiger partial charge on any atom is 0.306 e. The third kappa shape index (κ3) is 11.0. The summed E-state index contributed by atoms with van der Waals surface area (Å²) in [7, 11) is 0. The predicted octanol–water partition coefficient (Wildman–Crippen LogP) is 8.52. The topological polar surface area (TPSA) is 117 Å². The maximum absolute atomic E-state index is 13.2. The molecular formula is C52H50N2O7. The third-order valence-electron chi connectivity index (χ3n) is 10.8. The molecule has 9 heteroatoms. The van der Waals surface area contributed by atoms with Crippen LogP contribution < -0.4 is 19.9 Å². The van der Waals surface area contributed by atoms with Gasteiger partial charge in [-0.2, -0.15) is 0 Å². The fraction of sp³-hybridized carbons (Fsp3) is 0.288. The Hall–Kier alpha value is -6.97. The molecule has 310 valence electrons. The van der Waals surface area contributed by atoms with Crippen molar-refractivity contribution in [3.63, 3.8) is 0 Å². The first-order valence-electron chi connectivity index (χ1n) is 20.6. The van der Waals surface area contributed by atoms with Crippen LogP contribution in [0.4, 0.5) is 0 Å². The Morgan fingerprint density at radius 3 is 2.07 bits per heavy atom. The highest BCUT2D eigenvalue weighted by Gasteiger charge is 2.36. The molecule has 0 aromatic heterocycles. The quantitative estimate of drug-likeness (QED) is 0.0883.